The summed E-state index contributed by atoms with van der Waals surface area (Å²) in [5.74, 6) is -0.0314. The van der Waals surface area contributed by atoms with Crippen molar-refractivity contribution in [3.05, 3.63) is 28.3 Å². The first kappa shape index (κ1) is 11.8. The SMILES string of the molecule is O=C(O)CC1(c2c(Cl)ccc3c2COCO3)CC1. The third kappa shape index (κ3) is 1.85. The third-order valence-electron chi connectivity index (χ3n) is 3.64. The van der Waals surface area contributed by atoms with Crippen LogP contribution in [0.1, 0.15) is 30.4 Å². The minimum Gasteiger partial charge on any atom is -0.481 e. The van der Waals surface area contributed by atoms with Crippen LogP contribution >= 0.6 is 11.6 Å². The maximum Gasteiger partial charge on any atom is 0.304 e. The van der Waals surface area contributed by atoms with Gasteiger partial charge >= 0.3 is 5.97 Å². The molecular weight excluding hydrogens is 256 g/mol. The van der Waals surface area contributed by atoms with E-state index in [4.69, 9.17) is 26.2 Å². The fraction of sp³-hybridized carbons (Fsp3) is 0.462. The van der Waals surface area contributed by atoms with E-state index < -0.39 is 5.97 Å². The summed E-state index contributed by atoms with van der Waals surface area (Å²) in [6.07, 6.45) is 1.83. The van der Waals surface area contributed by atoms with Gasteiger partial charge in [-0.1, -0.05) is 11.6 Å². The highest BCUT2D eigenvalue weighted by molar-refractivity contribution is 6.31. The van der Waals surface area contributed by atoms with Crippen molar-refractivity contribution < 1.29 is 19.4 Å². The monoisotopic (exact) mass is 268 g/mol. The van der Waals surface area contributed by atoms with Crippen LogP contribution in [0.2, 0.25) is 5.02 Å². The Bertz CT molecular complexity index is 508. The van der Waals surface area contributed by atoms with Crippen molar-refractivity contribution in [3.8, 4) is 5.75 Å². The van der Waals surface area contributed by atoms with Crippen LogP contribution in [0.25, 0.3) is 0 Å². The molecule has 0 amide bonds. The van der Waals surface area contributed by atoms with Crippen LogP contribution < -0.4 is 4.74 Å². The van der Waals surface area contributed by atoms with Gasteiger partial charge in [-0.25, -0.2) is 0 Å². The molecule has 0 saturated heterocycles. The van der Waals surface area contributed by atoms with Gasteiger partial charge in [-0.2, -0.15) is 0 Å². The number of carboxylic acid groups (broad SMARTS) is 1. The molecule has 0 atom stereocenters. The Morgan fingerprint density at radius 3 is 2.89 bits per heavy atom. The maximum absolute atomic E-state index is 11.0. The van der Waals surface area contributed by atoms with Gasteiger partial charge < -0.3 is 14.6 Å². The number of ether oxygens (including phenoxy) is 2. The van der Waals surface area contributed by atoms with Crippen LogP contribution in [0, 0.1) is 0 Å². The zero-order valence-corrected chi connectivity index (χ0v) is 10.5. The van der Waals surface area contributed by atoms with E-state index in [1.807, 2.05) is 6.07 Å². The van der Waals surface area contributed by atoms with E-state index in [9.17, 15) is 4.79 Å². The molecule has 1 N–H and O–H groups in total. The summed E-state index contributed by atoms with van der Waals surface area (Å²) >= 11 is 6.27. The molecule has 2 aliphatic rings. The predicted molar refractivity (Wildman–Crippen MR) is 64.9 cm³/mol. The van der Waals surface area contributed by atoms with E-state index in [0.29, 0.717) is 11.6 Å². The number of benzene rings is 1. The van der Waals surface area contributed by atoms with Gasteiger partial charge in [-0.15, -0.1) is 0 Å². The normalized spacial score (nSPS) is 19.8. The molecule has 0 bridgehead atoms. The molecule has 0 spiro atoms. The van der Waals surface area contributed by atoms with Crippen molar-refractivity contribution in [2.24, 2.45) is 0 Å². The van der Waals surface area contributed by atoms with Crippen LogP contribution in [-0.2, 0) is 21.6 Å². The molecular formula is C13H13ClO4. The second-order valence-corrected chi connectivity index (χ2v) is 5.27. The highest BCUT2D eigenvalue weighted by atomic mass is 35.5. The quantitative estimate of drug-likeness (QED) is 0.916. The number of hydrogen-bond donors (Lipinski definition) is 1. The van der Waals surface area contributed by atoms with Crippen LogP contribution in [0.5, 0.6) is 5.75 Å². The first-order valence-electron chi connectivity index (χ1n) is 5.87. The minimum atomic E-state index is -0.793. The highest BCUT2D eigenvalue weighted by Gasteiger charge is 2.49. The standard InChI is InChI=1S/C13H13ClO4/c14-9-1-2-10-8(6-17-7-18-10)12(9)13(3-4-13)5-11(15)16/h1-2H,3-7H2,(H,15,16). The summed E-state index contributed by atoms with van der Waals surface area (Å²) in [7, 11) is 0. The van der Waals surface area contributed by atoms with Gasteiger partial charge in [-0.05, 0) is 30.5 Å². The molecule has 1 aromatic rings. The molecule has 0 aromatic heterocycles. The smallest absolute Gasteiger partial charge is 0.304 e. The molecule has 96 valence electrons. The molecule has 1 aliphatic carbocycles. The van der Waals surface area contributed by atoms with Gasteiger partial charge in [0.25, 0.3) is 0 Å². The van der Waals surface area contributed by atoms with Gasteiger partial charge in [0.15, 0.2) is 6.79 Å². The molecule has 4 nitrogen and oxygen atoms in total. The van der Waals surface area contributed by atoms with Crippen molar-refractivity contribution in [1.82, 2.24) is 0 Å². The fourth-order valence-electron chi connectivity index (χ4n) is 2.66. The first-order valence-corrected chi connectivity index (χ1v) is 6.24. The van der Waals surface area contributed by atoms with Gasteiger partial charge in [0, 0.05) is 16.0 Å². The number of carboxylic acids is 1. The Hall–Kier alpha value is -1.26. The molecule has 1 saturated carbocycles. The summed E-state index contributed by atoms with van der Waals surface area (Å²) in [4.78, 5) is 11.0. The summed E-state index contributed by atoms with van der Waals surface area (Å²) < 4.78 is 10.7. The number of carbonyl (C=O) groups is 1. The lowest BCUT2D eigenvalue weighted by atomic mass is 9.88. The van der Waals surface area contributed by atoms with Gasteiger partial charge in [-0.3, -0.25) is 4.79 Å². The van der Waals surface area contributed by atoms with Gasteiger partial charge in [0.05, 0.1) is 13.0 Å². The zero-order valence-electron chi connectivity index (χ0n) is 9.74. The second-order valence-electron chi connectivity index (χ2n) is 4.86. The van der Waals surface area contributed by atoms with Crippen LogP contribution in [0.3, 0.4) is 0 Å². The van der Waals surface area contributed by atoms with E-state index in [0.717, 1.165) is 29.7 Å². The minimum absolute atomic E-state index is 0.114. The van der Waals surface area contributed by atoms with E-state index in [-0.39, 0.29) is 18.6 Å². The topological polar surface area (TPSA) is 55.8 Å². The summed E-state index contributed by atoms with van der Waals surface area (Å²) in [6, 6.07) is 3.60. The van der Waals surface area contributed by atoms with Crippen LogP contribution in [-0.4, -0.2) is 17.9 Å². The van der Waals surface area contributed by atoms with Crippen molar-refractivity contribution >= 4 is 17.6 Å². The molecule has 1 aromatic carbocycles. The summed E-state index contributed by atoms with van der Waals surface area (Å²) in [5, 5.41) is 9.65. The molecule has 1 aliphatic heterocycles. The number of fused-ring (bicyclic) bond motifs is 1. The maximum atomic E-state index is 11.0. The Kier molecular flexibility index (Phi) is 2.72. The Morgan fingerprint density at radius 1 is 1.44 bits per heavy atom. The van der Waals surface area contributed by atoms with Crippen molar-refractivity contribution in [1.29, 1.82) is 0 Å². The molecule has 5 heteroatoms. The molecule has 0 unspecified atom stereocenters. The molecule has 1 fully saturated rings. The Morgan fingerprint density at radius 2 is 2.22 bits per heavy atom. The number of aliphatic carboxylic acids is 1. The number of halogens is 1. The largest absolute Gasteiger partial charge is 0.481 e. The van der Waals surface area contributed by atoms with Crippen LogP contribution in [0.4, 0.5) is 0 Å². The summed E-state index contributed by atoms with van der Waals surface area (Å²) in [6.45, 7) is 0.673. The Balaban J connectivity index is 2.08. The second kappa shape index (κ2) is 4.14. The van der Waals surface area contributed by atoms with Crippen molar-refractivity contribution in [2.45, 2.75) is 31.3 Å². The van der Waals surface area contributed by atoms with E-state index in [1.54, 1.807) is 6.07 Å². The molecule has 3 rings (SSSR count). The average Bonchev–Trinajstić information content (AvgIpc) is 3.08. The molecule has 1 heterocycles. The van der Waals surface area contributed by atoms with Crippen molar-refractivity contribution in [2.75, 3.05) is 6.79 Å². The van der Waals surface area contributed by atoms with E-state index in [1.165, 1.54) is 0 Å². The lowest BCUT2D eigenvalue weighted by molar-refractivity contribution is -0.137. The lowest BCUT2D eigenvalue weighted by Crippen LogP contribution is -2.20. The first-order chi connectivity index (χ1) is 8.62. The van der Waals surface area contributed by atoms with Gasteiger partial charge in [0.2, 0.25) is 0 Å². The van der Waals surface area contributed by atoms with Crippen molar-refractivity contribution in [3.63, 3.8) is 0 Å². The van der Waals surface area contributed by atoms with E-state index in [2.05, 4.69) is 0 Å². The van der Waals surface area contributed by atoms with Crippen LogP contribution in [0.15, 0.2) is 12.1 Å². The predicted octanol–water partition coefficient (Wildman–Crippen LogP) is 2.71. The van der Waals surface area contributed by atoms with Gasteiger partial charge in [0.1, 0.15) is 5.75 Å². The lowest BCUT2D eigenvalue weighted by Gasteiger charge is -2.25. The fourth-order valence-corrected chi connectivity index (χ4v) is 3.03. The zero-order chi connectivity index (χ0) is 12.8. The third-order valence-corrected chi connectivity index (χ3v) is 3.95. The van der Waals surface area contributed by atoms with E-state index >= 15 is 0 Å². The number of hydrogen-bond acceptors (Lipinski definition) is 3. The number of rotatable bonds is 3. The average molecular weight is 269 g/mol. The Labute approximate surface area is 109 Å². The highest BCUT2D eigenvalue weighted by Crippen LogP contribution is 2.55. The molecule has 0 radical (unpaired) electrons. The molecule has 18 heavy (non-hydrogen) atoms. The summed E-state index contributed by atoms with van der Waals surface area (Å²) in [5.41, 5.74) is 1.49.